The van der Waals surface area contributed by atoms with E-state index in [1.54, 1.807) is 20.8 Å². The zero-order valence-electron chi connectivity index (χ0n) is 11.7. The first-order valence-electron chi connectivity index (χ1n) is 6.72. The number of hydrogen-bond donors (Lipinski definition) is 2. The summed E-state index contributed by atoms with van der Waals surface area (Å²) in [5.74, 6) is -0.0734. The van der Waals surface area contributed by atoms with Crippen LogP contribution in [-0.4, -0.2) is 30.7 Å². The lowest BCUT2D eigenvalue weighted by Gasteiger charge is -2.32. The summed E-state index contributed by atoms with van der Waals surface area (Å²) in [6.07, 6.45) is -2.18. The molecule has 19 heavy (non-hydrogen) atoms. The number of carbonyl (C=O) groups is 1. The van der Waals surface area contributed by atoms with E-state index in [1.807, 2.05) is 0 Å². The Kier molecular flexibility index (Phi) is 5.24. The molecule has 0 spiro atoms. The number of alkyl halides is 3. The van der Waals surface area contributed by atoms with Gasteiger partial charge in [0.15, 0.2) is 0 Å². The van der Waals surface area contributed by atoms with Gasteiger partial charge in [0.25, 0.3) is 0 Å². The second-order valence-electron chi connectivity index (χ2n) is 6.18. The van der Waals surface area contributed by atoms with Gasteiger partial charge in [-0.25, -0.2) is 0 Å². The number of rotatable bonds is 3. The smallest absolute Gasteiger partial charge is 0.356 e. The van der Waals surface area contributed by atoms with Gasteiger partial charge in [-0.3, -0.25) is 4.79 Å². The highest BCUT2D eigenvalue weighted by Crippen LogP contribution is 2.28. The fourth-order valence-electron chi connectivity index (χ4n) is 2.13. The van der Waals surface area contributed by atoms with Crippen molar-refractivity contribution in [1.82, 2.24) is 10.6 Å². The zero-order chi connectivity index (χ0) is 14.7. The Hall–Kier alpha value is -0.780. The van der Waals surface area contributed by atoms with Crippen LogP contribution in [0.4, 0.5) is 13.2 Å². The Balaban J connectivity index is 2.32. The minimum atomic E-state index is -4.17. The van der Waals surface area contributed by atoms with E-state index >= 15 is 0 Å². The molecule has 112 valence electrons. The van der Waals surface area contributed by atoms with Gasteiger partial charge in [-0.05, 0) is 19.3 Å². The monoisotopic (exact) mass is 280 g/mol. The Bertz CT molecular complexity index is 310. The molecular formula is C13H23F3N2O. The van der Waals surface area contributed by atoms with Crippen molar-refractivity contribution >= 4 is 5.91 Å². The zero-order valence-corrected chi connectivity index (χ0v) is 11.7. The predicted molar refractivity (Wildman–Crippen MR) is 67.7 cm³/mol. The number of halogens is 3. The molecular weight excluding hydrogens is 257 g/mol. The number of carbonyl (C=O) groups excluding carboxylic acids is 1. The molecule has 1 rings (SSSR count). The van der Waals surface area contributed by atoms with Crippen molar-refractivity contribution in [3.63, 3.8) is 0 Å². The molecule has 0 aromatic carbocycles. The molecule has 0 aromatic heterocycles. The van der Waals surface area contributed by atoms with Gasteiger partial charge >= 0.3 is 6.18 Å². The second kappa shape index (κ2) is 6.11. The summed E-state index contributed by atoms with van der Waals surface area (Å²) in [5, 5.41) is 5.39. The predicted octanol–water partition coefficient (Wildman–Crippen LogP) is 2.61. The van der Waals surface area contributed by atoms with Gasteiger partial charge < -0.3 is 10.6 Å². The third kappa shape index (κ3) is 5.38. The summed E-state index contributed by atoms with van der Waals surface area (Å²) in [7, 11) is 0. The third-order valence-corrected chi connectivity index (χ3v) is 3.34. The van der Waals surface area contributed by atoms with E-state index in [2.05, 4.69) is 10.6 Å². The van der Waals surface area contributed by atoms with E-state index in [0.717, 1.165) is 6.42 Å². The molecule has 2 unspecified atom stereocenters. The van der Waals surface area contributed by atoms with Crippen LogP contribution in [0.2, 0.25) is 0 Å². The number of hydrogen-bond acceptors (Lipinski definition) is 2. The highest BCUT2D eigenvalue weighted by atomic mass is 19.4. The molecule has 0 bridgehead atoms. The average Bonchev–Trinajstić information content (AvgIpc) is 2.27. The van der Waals surface area contributed by atoms with E-state index in [9.17, 15) is 18.0 Å². The van der Waals surface area contributed by atoms with Gasteiger partial charge in [0.05, 0.1) is 0 Å². The van der Waals surface area contributed by atoms with E-state index in [4.69, 9.17) is 0 Å². The third-order valence-electron chi connectivity index (χ3n) is 3.34. The number of nitrogens with one attached hydrogen (secondary N) is 2. The lowest BCUT2D eigenvalue weighted by molar-refractivity contribution is -0.163. The van der Waals surface area contributed by atoms with Gasteiger partial charge in [-0.2, -0.15) is 13.2 Å². The van der Waals surface area contributed by atoms with Crippen LogP contribution >= 0.6 is 0 Å². The van der Waals surface area contributed by atoms with Crippen LogP contribution in [0, 0.1) is 5.41 Å². The number of piperidine rings is 1. The normalized spacial score (nSPS) is 25.2. The lowest BCUT2D eigenvalue weighted by atomic mass is 9.94. The van der Waals surface area contributed by atoms with Crippen molar-refractivity contribution in [2.24, 2.45) is 5.41 Å². The van der Waals surface area contributed by atoms with Crippen LogP contribution in [0.1, 0.15) is 46.5 Å². The van der Waals surface area contributed by atoms with Crippen LogP contribution in [0.3, 0.4) is 0 Å². The molecule has 1 saturated heterocycles. The van der Waals surface area contributed by atoms with Crippen molar-refractivity contribution in [2.45, 2.75) is 64.7 Å². The summed E-state index contributed by atoms with van der Waals surface area (Å²) >= 11 is 0. The minimum Gasteiger partial charge on any atom is -0.356 e. The maximum atomic E-state index is 12.6. The minimum absolute atomic E-state index is 0.0734. The molecule has 2 atom stereocenters. The van der Waals surface area contributed by atoms with Crippen molar-refractivity contribution in [1.29, 1.82) is 0 Å². The highest BCUT2D eigenvalue weighted by molar-refractivity contribution is 5.81. The Labute approximate surface area is 112 Å². The molecule has 0 saturated carbocycles. The van der Waals surface area contributed by atoms with E-state index in [1.165, 1.54) is 0 Å². The van der Waals surface area contributed by atoms with Gasteiger partial charge in [-0.15, -0.1) is 0 Å². The first-order valence-corrected chi connectivity index (χ1v) is 6.72. The molecule has 1 amide bonds. The standard InChI is InChI=1S/C13H23F3N2O/c1-12(2,3)11(19)17-8-7-9-5-4-6-10(18-9)13(14,15)16/h9-10,18H,4-8H2,1-3H3,(H,17,19). The Morgan fingerprint density at radius 3 is 2.42 bits per heavy atom. The Morgan fingerprint density at radius 1 is 1.26 bits per heavy atom. The van der Waals surface area contributed by atoms with Crippen LogP contribution < -0.4 is 10.6 Å². The van der Waals surface area contributed by atoms with Crippen LogP contribution in [0.5, 0.6) is 0 Å². The quantitative estimate of drug-likeness (QED) is 0.834. The molecule has 0 aromatic rings. The SMILES string of the molecule is CC(C)(C)C(=O)NCCC1CCCC(C(F)(F)F)N1. The molecule has 3 nitrogen and oxygen atoms in total. The fraction of sp³-hybridized carbons (Fsp3) is 0.923. The molecule has 1 aliphatic heterocycles. The maximum absolute atomic E-state index is 12.6. The summed E-state index contributed by atoms with van der Waals surface area (Å²) < 4.78 is 37.8. The van der Waals surface area contributed by atoms with Gasteiger partial charge in [0.1, 0.15) is 6.04 Å². The largest absolute Gasteiger partial charge is 0.403 e. The maximum Gasteiger partial charge on any atom is 0.403 e. The lowest BCUT2D eigenvalue weighted by Crippen LogP contribution is -2.51. The Morgan fingerprint density at radius 2 is 1.89 bits per heavy atom. The topological polar surface area (TPSA) is 41.1 Å². The van der Waals surface area contributed by atoms with Crippen LogP contribution in [-0.2, 0) is 4.79 Å². The van der Waals surface area contributed by atoms with E-state index in [-0.39, 0.29) is 18.4 Å². The summed E-state index contributed by atoms with van der Waals surface area (Å²) in [6.45, 7) is 5.83. The van der Waals surface area contributed by atoms with Crippen LogP contribution in [0.25, 0.3) is 0 Å². The molecule has 1 aliphatic rings. The first kappa shape index (κ1) is 16.3. The van der Waals surface area contributed by atoms with Gasteiger partial charge in [0, 0.05) is 18.0 Å². The van der Waals surface area contributed by atoms with Gasteiger partial charge in [0.2, 0.25) is 5.91 Å². The average molecular weight is 280 g/mol. The molecule has 1 heterocycles. The number of amides is 1. The molecule has 1 fully saturated rings. The van der Waals surface area contributed by atoms with Crippen molar-refractivity contribution in [2.75, 3.05) is 6.54 Å². The first-order chi connectivity index (χ1) is 8.60. The van der Waals surface area contributed by atoms with E-state index < -0.39 is 17.6 Å². The highest BCUT2D eigenvalue weighted by Gasteiger charge is 2.41. The van der Waals surface area contributed by atoms with E-state index in [0.29, 0.717) is 19.4 Å². The molecule has 6 heteroatoms. The van der Waals surface area contributed by atoms with Gasteiger partial charge in [-0.1, -0.05) is 27.2 Å². The van der Waals surface area contributed by atoms with Crippen molar-refractivity contribution < 1.29 is 18.0 Å². The van der Waals surface area contributed by atoms with Crippen molar-refractivity contribution in [3.8, 4) is 0 Å². The fourth-order valence-corrected chi connectivity index (χ4v) is 2.13. The van der Waals surface area contributed by atoms with Crippen LogP contribution in [0.15, 0.2) is 0 Å². The summed E-state index contributed by atoms with van der Waals surface area (Å²) in [5.41, 5.74) is -0.464. The summed E-state index contributed by atoms with van der Waals surface area (Å²) in [4.78, 5) is 11.6. The molecule has 0 aliphatic carbocycles. The second-order valence-corrected chi connectivity index (χ2v) is 6.18. The summed E-state index contributed by atoms with van der Waals surface area (Å²) in [6, 6.07) is -1.56. The molecule has 2 N–H and O–H groups in total. The van der Waals surface area contributed by atoms with Crippen molar-refractivity contribution in [3.05, 3.63) is 0 Å². The molecule has 0 radical (unpaired) electrons.